The van der Waals surface area contributed by atoms with Gasteiger partial charge < -0.3 is 5.11 Å². The van der Waals surface area contributed by atoms with Crippen LogP contribution in [0.4, 0.5) is 0 Å². The first kappa shape index (κ1) is 11.4. The number of aliphatic hydroxyl groups is 1. The largest absolute Gasteiger partial charge is 0.393 e. The highest BCUT2D eigenvalue weighted by Crippen LogP contribution is 2.08. The monoisotopic (exact) mass is 222 g/mol. The maximum Gasteiger partial charge on any atom is 0.0540 e. The molecule has 1 N–H and O–H groups in total. The predicted octanol–water partition coefficient (Wildman–Crippen LogP) is 3.10. The molecule has 0 rings (SSSR count). The van der Waals surface area contributed by atoms with Gasteiger partial charge in [-0.25, -0.2) is 0 Å². The molecule has 2 heteroatoms. The Morgan fingerprint density at radius 1 is 1.18 bits per heavy atom. The summed E-state index contributed by atoms with van der Waals surface area (Å²) in [7, 11) is 0. The molecule has 0 aromatic carbocycles. The summed E-state index contributed by atoms with van der Waals surface area (Å²) in [6, 6.07) is 0. The van der Waals surface area contributed by atoms with Crippen LogP contribution in [0.5, 0.6) is 0 Å². The zero-order chi connectivity index (χ0) is 8.53. The molecule has 0 amide bonds. The molecule has 0 spiro atoms. The summed E-state index contributed by atoms with van der Waals surface area (Å²) in [4.78, 5) is 0. The van der Waals surface area contributed by atoms with E-state index in [4.69, 9.17) is 0 Å². The molecule has 0 saturated heterocycles. The fourth-order valence-corrected chi connectivity index (χ4v) is 1.41. The van der Waals surface area contributed by atoms with Crippen molar-refractivity contribution >= 4 is 15.9 Å². The lowest BCUT2D eigenvalue weighted by Gasteiger charge is -2.07. The normalized spacial score (nSPS) is 13.4. The van der Waals surface area contributed by atoms with Crippen LogP contribution < -0.4 is 0 Å². The fraction of sp³-hybridized carbons (Fsp3) is 1.00. The van der Waals surface area contributed by atoms with Crippen molar-refractivity contribution in [1.82, 2.24) is 0 Å². The molecule has 0 fully saturated rings. The summed E-state index contributed by atoms with van der Waals surface area (Å²) in [6.07, 6.45) is 6.65. The van der Waals surface area contributed by atoms with Gasteiger partial charge in [0.1, 0.15) is 0 Å². The highest BCUT2D eigenvalue weighted by molar-refractivity contribution is 9.09. The number of alkyl halides is 1. The minimum atomic E-state index is -0.0564. The van der Waals surface area contributed by atoms with Crippen molar-refractivity contribution in [2.45, 2.75) is 51.6 Å². The fourth-order valence-electron chi connectivity index (χ4n) is 1.09. The maximum absolute atomic E-state index is 9.39. The predicted molar refractivity (Wildman–Crippen MR) is 53.2 cm³/mol. The van der Waals surface area contributed by atoms with Gasteiger partial charge in [-0.3, -0.25) is 0 Å². The SMILES string of the molecule is CCCCCC(O)CCCBr. The molecule has 1 unspecified atom stereocenters. The lowest BCUT2D eigenvalue weighted by molar-refractivity contribution is 0.150. The standard InChI is InChI=1S/C9H19BrO/c1-2-3-4-6-9(11)7-5-8-10/h9,11H,2-8H2,1H3. The van der Waals surface area contributed by atoms with Gasteiger partial charge in [0.2, 0.25) is 0 Å². The molecule has 0 aromatic rings. The molecule has 68 valence electrons. The highest BCUT2D eigenvalue weighted by atomic mass is 79.9. The van der Waals surface area contributed by atoms with Gasteiger partial charge in [-0.1, -0.05) is 42.1 Å². The molecule has 11 heavy (non-hydrogen) atoms. The molecular formula is C9H19BrO. The van der Waals surface area contributed by atoms with Crippen molar-refractivity contribution in [3.63, 3.8) is 0 Å². The van der Waals surface area contributed by atoms with Crippen molar-refractivity contribution in [1.29, 1.82) is 0 Å². The number of hydrogen-bond acceptors (Lipinski definition) is 1. The minimum Gasteiger partial charge on any atom is -0.393 e. The van der Waals surface area contributed by atoms with E-state index in [0.717, 1.165) is 24.6 Å². The average Bonchev–Trinajstić information content (AvgIpc) is 2.01. The molecule has 0 bridgehead atoms. The Hall–Kier alpha value is 0.440. The topological polar surface area (TPSA) is 20.2 Å². The number of halogens is 1. The second-order valence-electron chi connectivity index (χ2n) is 2.98. The van der Waals surface area contributed by atoms with Crippen molar-refractivity contribution in [2.24, 2.45) is 0 Å². The summed E-state index contributed by atoms with van der Waals surface area (Å²) < 4.78 is 0. The first-order chi connectivity index (χ1) is 5.31. The van der Waals surface area contributed by atoms with Crippen molar-refractivity contribution < 1.29 is 5.11 Å². The molecule has 0 heterocycles. The van der Waals surface area contributed by atoms with E-state index in [1.807, 2.05) is 0 Å². The van der Waals surface area contributed by atoms with Crippen LogP contribution in [-0.4, -0.2) is 16.5 Å². The molecule has 0 aromatic heterocycles. The van der Waals surface area contributed by atoms with Crippen LogP contribution in [0.15, 0.2) is 0 Å². The van der Waals surface area contributed by atoms with Gasteiger partial charge in [-0.05, 0) is 19.3 Å². The van der Waals surface area contributed by atoms with E-state index >= 15 is 0 Å². The Labute approximate surface area is 78.3 Å². The number of hydrogen-bond donors (Lipinski definition) is 1. The molecule has 1 nitrogen and oxygen atoms in total. The summed E-state index contributed by atoms with van der Waals surface area (Å²) in [5, 5.41) is 10.4. The van der Waals surface area contributed by atoms with E-state index in [1.165, 1.54) is 19.3 Å². The van der Waals surface area contributed by atoms with Gasteiger partial charge in [0.05, 0.1) is 6.10 Å². The van der Waals surface area contributed by atoms with Gasteiger partial charge in [0.25, 0.3) is 0 Å². The van der Waals surface area contributed by atoms with E-state index in [0.29, 0.717) is 0 Å². The van der Waals surface area contributed by atoms with Gasteiger partial charge in [0.15, 0.2) is 0 Å². The molecular weight excluding hydrogens is 204 g/mol. The van der Waals surface area contributed by atoms with Crippen molar-refractivity contribution in [3.05, 3.63) is 0 Å². The van der Waals surface area contributed by atoms with Gasteiger partial charge in [0, 0.05) is 5.33 Å². The van der Waals surface area contributed by atoms with Crippen LogP contribution in [0.3, 0.4) is 0 Å². The number of aliphatic hydroxyl groups excluding tert-OH is 1. The van der Waals surface area contributed by atoms with E-state index in [2.05, 4.69) is 22.9 Å². The molecule has 1 atom stereocenters. The van der Waals surface area contributed by atoms with E-state index in [-0.39, 0.29) is 6.10 Å². The Kier molecular flexibility index (Phi) is 8.88. The smallest absolute Gasteiger partial charge is 0.0540 e. The third-order valence-electron chi connectivity index (χ3n) is 1.81. The van der Waals surface area contributed by atoms with Crippen molar-refractivity contribution in [3.8, 4) is 0 Å². The summed E-state index contributed by atoms with van der Waals surface area (Å²) in [5.41, 5.74) is 0. The third kappa shape index (κ3) is 8.35. The van der Waals surface area contributed by atoms with Crippen LogP contribution in [0.25, 0.3) is 0 Å². The van der Waals surface area contributed by atoms with Crippen LogP contribution in [0, 0.1) is 0 Å². The number of unbranched alkanes of at least 4 members (excludes halogenated alkanes) is 2. The van der Waals surface area contributed by atoms with E-state index in [1.54, 1.807) is 0 Å². The molecule has 0 radical (unpaired) electrons. The van der Waals surface area contributed by atoms with Crippen LogP contribution >= 0.6 is 15.9 Å². The second-order valence-corrected chi connectivity index (χ2v) is 3.77. The molecule has 0 aliphatic heterocycles. The van der Waals surface area contributed by atoms with Gasteiger partial charge in [-0.15, -0.1) is 0 Å². The summed E-state index contributed by atoms with van der Waals surface area (Å²) >= 11 is 3.35. The molecule has 0 saturated carbocycles. The summed E-state index contributed by atoms with van der Waals surface area (Å²) in [6.45, 7) is 2.19. The Balaban J connectivity index is 3.02. The first-order valence-corrected chi connectivity index (χ1v) is 5.67. The summed E-state index contributed by atoms with van der Waals surface area (Å²) in [5.74, 6) is 0. The van der Waals surface area contributed by atoms with Crippen LogP contribution in [-0.2, 0) is 0 Å². The van der Waals surface area contributed by atoms with E-state index < -0.39 is 0 Å². The molecule has 0 aliphatic carbocycles. The molecule has 0 aliphatic rings. The second kappa shape index (κ2) is 8.54. The lowest BCUT2D eigenvalue weighted by Crippen LogP contribution is -2.05. The zero-order valence-corrected chi connectivity index (χ0v) is 8.94. The Morgan fingerprint density at radius 2 is 1.82 bits per heavy atom. The van der Waals surface area contributed by atoms with E-state index in [9.17, 15) is 5.11 Å². The quantitative estimate of drug-likeness (QED) is 0.519. The third-order valence-corrected chi connectivity index (χ3v) is 2.37. The maximum atomic E-state index is 9.39. The first-order valence-electron chi connectivity index (χ1n) is 4.55. The zero-order valence-electron chi connectivity index (χ0n) is 7.35. The lowest BCUT2D eigenvalue weighted by atomic mass is 10.1. The van der Waals surface area contributed by atoms with Crippen LogP contribution in [0.1, 0.15) is 45.4 Å². The Bertz CT molecular complexity index is 76.0. The van der Waals surface area contributed by atoms with Crippen molar-refractivity contribution in [2.75, 3.05) is 5.33 Å². The minimum absolute atomic E-state index is 0.0564. The van der Waals surface area contributed by atoms with Crippen LogP contribution in [0.2, 0.25) is 0 Å². The number of rotatable bonds is 7. The average molecular weight is 223 g/mol. The van der Waals surface area contributed by atoms with Gasteiger partial charge >= 0.3 is 0 Å². The van der Waals surface area contributed by atoms with Gasteiger partial charge in [-0.2, -0.15) is 0 Å². The Morgan fingerprint density at radius 3 is 2.36 bits per heavy atom. The highest BCUT2D eigenvalue weighted by Gasteiger charge is 2.01.